The summed E-state index contributed by atoms with van der Waals surface area (Å²) in [5, 5.41) is 4.41. The Bertz CT molecular complexity index is 479. The molecule has 1 N–H and O–H groups in total. The summed E-state index contributed by atoms with van der Waals surface area (Å²) in [7, 11) is 0. The molecule has 2 nitrogen and oxygen atoms in total. The summed E-state index contributed by atoms with van der Waals surface area (Å²) in [6, 6.07) is 5.26. The second-order valence-electron chi connectivity index (χ2n) is 4.08. The number of fused-ring (bicyclic) bond motifs is 1. The summed E-state index contributed by atoms with van der Waals surface area (Å²) in [4.78, 5) is 4.41. The van der Waals surface area contributed by atoms with Crippen LogP contribution in [-0.2, 0) is 6.42 Å². The third-order valence-electron chi connectivity index (χ3n) is 2.29. The standard InChI is InChI=1S/C12H15FN2S/c1-8(2)14-6-5-12-15-10-7-9(13)3-4-11(10)16-12/h3-4,7-8,14H,5-6H2,1-2H3. The van der Waals surface area contributed by atoms with Crippen molar-refractivity contribution in [2.75, 3.05) is 6.54 Å². The predicted molar refractivity (Wildman–Crippen MR) is 66.4 cm³/mol. The fourth-order valence-electron chi connectivity index (χ4n) is 1.52. The molecule has 4 heteroatoms. The van der Waals surface area contributed by atoms with Gasteiger partial charge >= 0.3 is 0 Å². The number of halogens is 1. The lowest BCUT2D eigenvalue weighted by Gasteiger charge is -2.05. The molecule has 86 valence electrons. The predicted octanol–water partition coefficient (Wildman–Crippen LogP) is 2.98. The fraction of sp³-hybridized carbons (Fsp3) is 0.417. The van der Waals surface area contributed by atoms with Gasteiger partial charge in [0.15, 0.2) is 0 Å². The molecule has 0 saturated heterocycles. The fourth-order valence-corrected chi connectivity index (χ4v) is 2.47. The first-order valence-corrected chi connectivity index (χ1v) is 6.25. The molecular weight excluding hydrogens is 223 g/mol. The number of nitrogens with zero attached hydrogens (tertiary/aromatic N) is 1. The van der Waals surface area contributed by atoms with E-state index in [0.29, 0.717) is 6.04 Å². The zero-order valence-electron chi connectivity index (χ0n) is 9.46. The normalized spacial score (nSPS) is 11.5. The number of rotatable bonds is 4. The molecule has 0 fully saturated rings. The molecule has 1 aromatic carbocycles. The third kappa shape index (κ3) is 2.77. The van der Waals surface area contributed by atoms with Gasteiger partial charge in [-0.05, 0) is 12.1 Å². The lowest BCUT2D eigenvalue weighted by Crippen LogP contribution is -2.24. The van der Waals surface area contributed by atoms with E-state index in [4.69, 9.17) is 0 Å². The van der Waals surface area contributed by atoms with Crippen LogP contribution in [0.1, 0.15) is 18.9 Å². The first kappa shape index (κ1) is 11.5. The Hall–Kier alpha value is -1.00. The summed E-state index contributed by atoms with van der Waals surface area (Å²) < 4.78 is 14.0. The van der Waals surface area contributed by atoms with Crippen LogP contribution in [0.5, 0.6) is 0 Å². The van der Waals surface area contributed by atoms with Crippen LogP contribution in [0.4, 0.5) is 4.39 Å². The highest BCUT2D eigenvalue weighted by Crippen LogP contribution is 2.22. The summed E-state index contributed by atoms with van der Waals surface area (Å²) in [5.74, 6) is -0.218. The van der Waals surface area contributed by atoms with Crippen LogP contribution in [0, 0.1) is 5.82 Å². The van der Waals surface area contributed by atoms with Gasteiger partial charge in [0.2, 0.25) is 0 Å². The van der Waals surface area contributed by atoms with Crippen LogP contribution < -0.4 is 5.32 Å². The number of thiazole rings is 1. The lowest BCUT2D eigenvalue weighted by atomic mass is 10.3. The smallest absolute Gasteiger partial charge is 0.125 e. The molecule has 0 atom stereocenters. The molecule has 0 amide bonds. The second-order valence-corrected chi connectivity index (χ2v) is 5.19. The van der Waals surface area contributed by atoms with E-state index in [0.717, 1.165) is 28.2 Å². The SMILES string of the molecule is CC(C)NCCc1nc2cc(F)ccc2s1. The Morgan fingerprint density at radius 1 is 1.44 bits per heavy atom. The average Bonchev–Trinajstić information content (AvgIpc) is 2.58. The van der Waals surface area contributed by atoms with Crippen LogP contribution in [0.15, 0.2) is 18.2 Å². The Kier molecular flexibility index (Phi) is 3.51. The first-order valence-electron chi connectivity index (χ1n) is 5.43. The van der Waals surface area contributed by atoms with Gasteiger partial charge < -0.3 is 5.32 Å². The van der Waals surface area contributed by atoms with Gasteiger partial charge in [0, 0.05) is 25.1 Å². The van der Waals surface area contributed by atoms with Crippen molar-refractivity contribution in [2.45, 2.75) is 26.3 Å². The Labute approximate surface area is 98.5 Å². The van der Waals surface area contributed by atoms with E-state index in [1.54, 1.807) is 17.4 Å². The quantitative estimate of drug-likeness (QED) is 0.885. The molecule has 1 heterocycles. The number of benzene rings is 1. The molecule has 0 bridgehead atoms. The van der Waals surface area contributed by atoms with Crippen molar-refractivity contribution in [3.05, 3.63) is 29.0 Å². The van der Waals surface area contributed by atoms with E-state index in [1.807, 2.05) is 0 Å². The van der Waals surface area contributed by atoms with Crippen LogP contribution >= 0.6 is 11.3 Å². The Morgan fingerprint density at radius 2 is 2.25 bits per heavy atom. The molecular formula is C12H15FN2S. The van der Waals surface area contributed by atoms with E-state index in [2.05, 4.69) is 24.1 Å². The highest BCUT2D eigenvalue weighted by atomic mass is 32.1. The van der Waals surface area contributed by atoms with Crippen molar-refractivity contribution in [3.8, 4) is 0 Å². The van der Waals surface area contributed by atoms with Crippen LogP contribution in [0.25, 0.3) is 10.2 Å². The van der Waals surface area contributed by atoms with Gasteiger partial charge in [-0.2, -0.15) is 0 Å². The topological polar surface area (TPSA) is 24.9 Å². The molecule has 0 aliphatic rings. The Morgan fingerprint density at radius 3 is 3.00 bits per heavy atom. The summed E-state index contributed by atoms with van der Waals surface area (Å²) in [6.45, 7) is 5.15. The molecule has 0 aliphatic heterocycles. The number of nitrogens with one attached hydrogen (secondary N) is 1. The van der Waals surface area contributed by atoms with E-state index in [-0.39, 0.29) is 5.82 Å². The van der Waals surface area contributed by atoms with Gasteiger partial charge in [-0.25, -0.2) is 9.37 Å². The third-order valence-corrected chi connectivity index (χ3v) is 3.38. The maximum absolute atomic E-state index is 13.0. The molecule has 0 radical (unpaired) electrons. The van der Waals surface area contributed by atoms with E-state index < -0.39 is 0 Å². The lowest BCUT2D eigenvalue weighted by molar-refractivity contribution is 0.590. The minimum atomic E-state index is -0.218. The van der Waals surface area contributed by atoms with Crippen molar-refractivity contribution in [3.63, 3.8) is 0 Å². The number of hydrogen-bond donors (Lipinski definition) is 1. The summed E-state index contributed by atoms with van der Waals surface area (Å²) in [5.41, 5.74) is 0.768. The minimum absolute atomic E-state index is 0.218. The largest absolute Gasteiger partial charge is 0.314 e. The van der Waals surface area contributed by atoms with Crippen molar-refractivity contribution in [1.82, 2.24) is 10.3 Å². The van der Waals surface area contributed by atoms with Gasteiger partial charge in [0.05, 0.1) is 15.2 Å². The number of aromatic nitrogens is 1. The van der Waals surface area contributed by atoms with Gasteiger partial charge in [0.25, 0.3) is 0 Å². The summed E-state index contributed by atoms with van der Waals surface area (Å²) >= 11 is 1.64. The van der Waals surface area contributed by atoms with Gasteiger partial charge in [0.1, 0.15) is 5.82 Å². The number of hydrogen-bond acceptors (Lipinski definition) is 3. The zero-order valence-corrected chi connectivity index (χ0v) is 10.3. The molecule has 0 unspecified atom stereocenters. The van der Waals surface area contributed by atoms with Gasteiger partial charge in [-0.1, -0.05) is 13.8 Å². The average molecular weight is 238 g/mol. The molecule has 1 aromatic heterocycles. The maximum Gasteiger partial charge on any atom is 0.125 e. The molecule has 2 rings (SSSR count). The van der Waals surface area contributed by atoms with E-state index in [1.165, 1.54) is 12.1 Å². The van der Waals surface area contributed by atoms with Crippen molar-refractivity contribution in [1.29, 1.82) is 0 Å². The van der Waals surface area contributed by atoms with Crippen LogP contribution in [-0.4, -0.2) is 17.6 Å². The van der Waals surface area contributed by atoms with Crippen molar-refractivity contribution < 1.29 is 4.39 Å². The monoisotopic (exact) mass is 238 g/mol. The maximum atomic E-state index is 13.0. The second kappa shape index (κ2) is 4.89. The molecule has 2 aromatic rings. The molecule has 16 heavy (non-hydrogen) atoms. The highest BCUT2D eigenvalue weighted by molar-refractivity contribution is 7.18. The van der Waals surface area contributed by atoms with Crippen molar-refractivity contribution in [2.24, 2.45) is 0 Å². The van der Waals surface area contributed by atoms with Gasteiger partial charge in [-0.3, -0.25) is 0 Å². The molecule has 0 saturated carbocycles. The van der Waals surface area contributed by atoms with Crippen LogP contribution in [0.2, 0.25) is 0 Å². The molecule has 0 spiro atoms. The van der Waals surface area contributed by atoms with E-state index in [9.17, 15) is 4.39 Å². The van der Waals surface area contributed by atoms with E-state index >= 15 is 0 Å². The van der Waals surface area contributed by atoms with Crippen LogP contribution in [0.3, 0.4) is 0 Å². The first-order chi connectivity index (χ1) is 7.65. The highest BCUT2D eigenvalue weighted by Gasteiger charge is 2.04. The summed E-state index contributed by atoms with van der Waals surface area (Å²) in [6.07, 6.45) is 0.902. The Balaban J connectivity index is 2.08. The molecule has 0 aliphatic carbocycles. The van der Waals surface area contributed by atoms with Crippen molar-refractivity contribution >= 4 is 21.6 Å². The zero-order chi connectivity index (χ0) is 11.5. The minimum Gasteiger partial charge on any atom is -0.314 e. The van der Waals surface area contributed by atoms with Gasteiger partial charge in [-0.15, -0.1) is 11.3 Å².